The first-order valence-electron chi connectivity index (χ1n) is 11.0. The number of carbonyl (C=O) groups excluding carboxylic acids is 1. The lowest BCUT2D eigenvalue weighted by molar-refractivity contribution is -0.113. The first-order valence-corrected chi connectivity index (χ1v) is 12.0. The number of amides is 1. The fraction of sp³-hybridized carbons (Fsp3) is 0.522. The molecule has 1 aromatic heterocycles. The maximum Gasteiger partial charge on any atom is 0.234 e. The number of anilines is 2. The molecule has 7 heteroatoms. The van der Waals surface area contributed by atoms with Crippen molar-refractivity contribution in [2.24, 2.45) is 0 Å². The highest BCUT2D eigenvalue weighted by Crippen LogP contribution is 2.33. The quantitative estimate of drug-likeness (QED) is 0.423. The predicted molar refractivity (Wildman–Crippen MR) is 125 cm³/mol. The minimum Gasteiger partial charge on any atom is -0.372 e. The third kappa shape index (κ3) is 5.65. The van der Waals surface area contributed by atoms with Crippen molar-refractivity contribution in [3.63, 3.8) is 0 Å². The molecule has 2 aromatic rings. The summed E-state index contributed by atoms with van der Waals surface area (Å²) in [6.45, 7) is 10.8. The molecule has 1 saturated carbocycles. The van der Waals surface area contributed by atoms with Crippen molar-refractivity contribution in [3.05, 3.63) is 42.7 Å². The van der Waals surface area contributed by atoms with Gasteiger partial charge in [-0.15, -0.1) is 16.8 Å². The van der Waals surface area contributed by atoms with E-state index in [-0.39, 0.29) is 5.91 Å². The van der Waals surface area contributed by atoms with E-state index in [1.807, 2.05) is 30.3 Å². The number of carbonyl (C=O) groups is 1. The zero-order valence-corrected chi connectivity index (χ0v) is 19.0. The van der Waals surface area contributed by atoms with E-state index in [0.29, 0.717) is 18.2 Å². The van der Waals surface area contributed by atoms with Gasteiger partial charge >= 0.3 is 0 Å². The fourth-order valence-electron chi connectivity index (χ4n) is 4.04. The van der Waals surface area contributed by atoms with Crippen LogP contribution in [0.15, 0.2) is 42.1 Å². The van der Waals surface area contributed by atoms with Crippen LogP contribution in [0.4, 0.5) is 11.4 Å². The Balaban J connectivity index is 1.59. The number of rotatable bonds is 10. The highest BCUT2D eigenvalue weighted by atomic mass is 32.2. The molecule has 162 valence electrons. The van der Waals surface area contributed by atoms with Crippen LogP contribution in [0.5, 0.6) is 0 Å². The van der Waals surface area contributed by atoms with Gasteiger partial charge in [0, 0.05) is 36.9 Å². The molecule has 0 unspecified atom stereocenters. The largest absolute Gasteiger partial charge is 0.372 e. The summed E-state index contributed by atoms with van der Waals surface area (Å²) in [5.74, 6) is 1.78. The second kappa shape index (κ2) is 11.2. The van der Waals surface area contributed by atoms with E-state index in [4.69, 9.17) is 0 Å². The highest BCUT2D eigenvalue weighted by Gasteiger charge is 2.23. The van der Waals surface area contributed by atoms with Gasteiger partial charge in [0.05, 0.1) is 5.75 Å². The molecular weight excluding hydrogens is 394 g/mol. The Bertz CT molecular complexity index is 823. The Morgan fingerprint density at radius 2 is 1.90 bits per heavy atom. The first-order chi connectivity index (χ1) is 14.7. The van der Waals surface area contributed by atoms with Crippen LogP contribution in [-0.2, 0) is 11.3 Å². The Morgan fingerprint density at radius 1 is 1.20 bits per heavy atom. The van der Waals surface area contributed by atoms with Gasteiger partial charge in [-0.05, 0) is 51.0 Å². The Kier molecular flexibility index (Phi) is 8.37. The molecule has 0 atom stereocenters. The topological polar surface area (TPSA) is 63.1 Å². The molecule has 0 spiro atoms. The number of hydrogen-bond acceptors (Lipinski definition) is 5. The molecule has 0 aliphatic heterocycles. The van der Waals surface area contributed by atoms with Gasteiger partial charge in [-0.3, -0.25) is 4.79 Å². The second-order valence-corrected chi connectivity index (χ2v) is 8.57. The van der Waals surface area contributed by atoms with E-state index < -0.39 is 0 Å². The van der Waals surface area contributed by atoms with Crippen molar-refractivity contribution in [3.8, 4) is 0 Å². The number of hydrogen-bond donors (Lipinski definition) is 1. The summed E-state index contributed by atoms with van der Waals surface area (Å²) in [4.78, 5) is 14.8. The molecule has 0 radical (unpaired) electrons. The molecule has 1 amide bonds. The second-order valence-electron chi connectivity index (χ2n) is 7.63. The van der Waals surface area contributed by atoms with Crippen LogP contribution in [0.2, 0.25) is 0 Å². The van der Waals surface area contributed by atoms with Gasteiger partial charge in [-0.2, -0.15) is 0 Å². The Hall–Kier alpha value is -2.28. The van der Waals surface area contributed by atoms with E-state index in [9.17, 15) is 4.79 Å². The van der Waals surface area contributed by atoms with Crippen molar-refractivity contribution in [2.75, 3.05) is 29.1 Å². The fourth-order valence-corrected chi connectivity index (χ4v) is 4.80. The number of nitrogens with zero attached hydrogens (tertiary/aromatic N) is 4. The molecule has 3 rings (SSSR count). The standard InChI is InChI=1S/C23H33N5OS/c1-4-16-28-22(18-10-8-7-9-11-18)25-26-23(28)30-17-21(29)24-19-12-14-20(15-13-19)27(5-2)6-3/h4,12-15,18H,1,5-11,16-17H2,2-3H3,(H,24,29). The molecule has 1 heterocycles. The summed E-state index contributed by atoms with van der Waals surface area (Å²) < 4.78 is 2.12. The van der Waals surface area contributed by atoms with E-state index in [0.717, 1.165) is 29.8 Å². The molecular formula is C23H33N5OS. The minimum atomic E-state index is -0.0389. The van der Waals surface area contributed by atoms with Crippen LogP contribution in [0.3, 0.4) is 0 Å². The predicted octanol–water partition coefficient (Wildman–Crippen LogP) is 5.09. The number of thioether (sulfide) groups is 1. The lowest BCUT2D eigenvalue weighted by Gasteiger charge is -2.21. The van der Waals surface area contributed by atoms with Crippen molar-refractivity contribution in [2.45, 2.75) is 63.6 Å². The van der Waals surface area contributed by atoms with Crippen LogP contribution >= 0.6 is 11.8 Å². The first kappa shape index (κ1) is 22.4. The van der Waals surface area contributed by atoms with E-state index in [2.05, 4.69) is 45.4 Å². The Labute approximate surface area is 184 Å². The zero-order chi connectivity index (χ0) is 21.3. The summed E-state index contributed by atoms with van der Waals surface area (Å²) in [5, 5.41) is 12.6. The smallest absolute Gasteiger partial charge is 0.234 e. The SMILES string of the molecule is C=CCn1c(SCC(=O)Nc2ccc(N(CC)CC)cc2)nnc1C1CCCCC1. The summed E-state index contributed by atoms with van der Waals surface area (Å²) in [6, 6.07) is 8.01. The average Bonchev–Trinajstić information content (AvgIpc) is 3.18. The highest BCUT2D eigenvalue weighted by molar-refractivity contribution is 7.99. The van der Waals surface area contributed by atoms with E-state index in [1.54, 1.807) is 0 Å². The van der Waals surface area contributed by atoms with Gasteiger partial charge in [-0.1, -0.05) is 37.1 Å². The normalized spacial score (nSPS) is 14.5. The number of nitrogens with one attached hydrogen (secondary N) is 1. The van der Waals surface area contributed by atoms with Gasteiger partial charge in [-0.25, -0.2) is 0 Å². The van der Waals surface area contributed by atoms with Crippen LogP contribution in [0.1, 0.15) is 57.7 Å². The van der Waals surface area contributed by atoms with E-state index >= 15 is 0 Å². The van der Waals surface area contributed by atoms with Gasteiger partial charge in [0.15, 0.2) is 5.16 Å². The van der Waals surface area contributed by atoms with Crippen LogP contribution in [0, 0.1) is 0 Å². The lowest BCUT2D eigenvalue weighted by Crippen LogP contribution is -2.21. The summed E-state index contributed by atoms with van der Waals surface area (Å²) in [6.07, 6.45) is 8.03. The molecule has 0 saturated heterocycles. The zero-order valence-electron chi connectivity index (χ0n) is 18.1. The van der Waals surface area contributed by atoms with Gasteiger partial charge in [0.2, 0.25) is 5.91 Å². The third-order valence-electron chi connectivity index (χ3n) is 5.64. The average molecular weight is 428 g/mol. The van der Waals surface area contributed by atoms with Crippen molar-refractivity contribution in [1.29, 1.82) is 0 Å². The third-order valence-corrected chi connectivity index (χ3v) is 6.61. The summed E-state index contributed by atoms with van der Waals surface area (Å²) in [5.41, 5.74) is 1.98. The van der Waals surface area contributed by atoms with Gasteiger partial charge in [0.1, 0.15) is 5.82 Å². The minimum absolute atomic E-state index is 0.0389. The number of aromatic nitrogens is 3. The lowest BCUT2D eigenvalue weighted by atomic mass is 9.89. The molecule has 30 heavy (non-hydrogen) atoms. The van der Waals surface area contributed by atoms with Crippen LogP contribution in [0.25, 0.3) is 0 Å². The number of benzene rings is 1. The summed E-state index contributed by atoms with van der Waals surface area (Å²) in [7, 11) is 0. The van der Waals surface area contributed by atoms with Crippen molar-refractivity contribution in [1.82, 2.24) is 14.8 Å². The van der Waals surface area contributed by atoms with Crippen LogP contribution in [-0.4, -0.2) is 39.5 Å². The summed E-state index contributed by atoms with van der Waals surface area (Å²) >= 11 is 1.44. The maximum atomic E-state index is 12.5. The molecule has 1 aliphatic rings. The van der Waals surface area contributed by atoms with Gasteiger partial charge in [0.25, 0.3) is 0 Å². The van der Waals surface area contributed by atoms with Crippen molar-refractivity contribution >= 4 is 29.0 Å². The maximum absolute atomic E-state index is 12.5. The Morgan fingerprint density at radius 3 is 2.53 bits per heavy atom. The van der Waals surface area contributed by atoms with E-state index in [1.165, 1.54) is 49.6 Å². The molecule has 1 N–H and O–H groups in total. The van der Waals surface area contributed by atoms with Crippen molar-refractivity contribution < 1.29 is 4.79 Å². The molecule has 1 aliphatic carbocycles. The monoisotopic (exact) mass is 427 g/mol. The molecule has 0 bridgehead atoms. The number of allylic oxidation sites excluding steroid dienone is 1. The molecule has 1 fully saturated rings. The van der Waals surface area contributed by atoms with Crippen LogP contribution < -0.4 is 10.2 Å². The van der Waals surface area contributed by atoms with Gasteiger partial charge < -0.3 is 14.8 Å². The molecule has 6 nitrogen and oxygen atoms in total. The molecule has 1 aromatic carbocycles.